The molecule has 0 saturated heterocycles. The summed E-state index contributed by atoms with van der Waals surface area (Å²) in [5.74, 6) is 0.641. The lowest BCUT2D eigenvalue weighted by atomic mass is 9.81. The van der Waals surface area contributed by atoms with E-state index >= 15 is 0 Å². The van der Waals surface area contributed by atoms with Crippen LogP contribution in [0.2, 0.25) is 0 Å². The molecular weight excluding hydrogens is 244 g/mol. The minimum Gasteiger partial charge on any atom is -0.312 e. The van der Waals surface area contributed by atoms with Gasteiger partial charge in [-0.15, -0.1) is 0 Å². The Morgan fingerprint density at radius 2 is 1.63 bits per heavy atom. The monoisotopic (exact) mass is 267 g/mol. The van der Waals surface area contributed by atoms with Crippen LogP contribution in [0.25, 0.3) is 0 Å². The van der Waals surface area contributed by atoms with Crippen LogP contribution in [0.5, 0.6) is 0 Å². The maximum atomic E-state index is 13.4. The SMILES string of the molecule is CCC1CCC(CNCc2c(F)cccc2F)CC1. The first-order chi connectivity index (χ1) is 9.20. The molecule has 1 aliphatic carbocycles. The van der Waals surface area contributed by atoms with E-state index in [9.17, 15) is 8.78 Å². The Hall–Kier alpha value is -0.960. The second-order valence-corrected chi connectivity index (χ2v) is 5.63. The molecule has 1 nitrogen and oxygen atoms in total. The van der Waals surface area contributed by atoms with E-state index in [4.69, 9.17) is 0 Å². The summed E-state index contributed by atoms with van der Waals surface area (Å²) in [5, 5.41) is 3.21. The highest BCUT2D eigenvalue weighted by Crippen LogP contribution is 2.30. The molecule has 0 aromatic heterocycles. The van der Waals surface area contributed by atoms with Gasteiger partial charge in [-0.25, -0.2) is 8.78 Å². The molecule has 1 aliphatic rings. The van der Waals surface area contributed by atoms with E-state index in [-0.39, 0.29) is 12.1 Å². The number of hydrogen-bond acceptors (Lipinski definition) is 1. The van der Waals surface area contributed by atoms with Crippen LogP contribution < -0.4 is 5.32 Å². The first kappa shape index (κ1) is 14.4. The van der Waals surface area contributed by atoms with Crippen molar-refractivity contribution in [1.29, 1.82) is 0 Å². The number of benzene rings is 1. The summed E-state index contributed by atoms with van der Waals surface area (Å²) in [5.41, 5.74) is 0.157. The maximum Gasteiger partial charge on any atom is 0.130 e. The third-order valence-corrected chi connectivity index (χ3v) is 4.34. The van der Waals surface area contributed by atoms with Gasteiger partial charge >= 0.3 is 0 Å². The summed E-state index contributed by atoms with van der Waals surface area (Å²) >= 11 is 0. The minimum absolute atomic E-state index is 0.157. The summed E-state index contributed by atoms with van der Waals surface area (Å²) in [6.45, 7) is 3.40. The van der Waals surface area contributed by atoms with Crippen molar-refractivity contribution in [3.63, 3.8) is 0 Å². The topological polar surface area (TPSA) is 12.0 Å². The molecule has 1 N–H and O–H groups in total. The fourth-order valence-corrected chi connectivity index (χ4v) is 2.95. The lowest BCUT2D eigenvalue weighted by Gasteiger charge is -2.28. The van der Waals surface area contributed by atoms with Gasteiger partial charge in [-0.3, -0.25) is 0 Å². The molecule has 1 aromatic carbocycles. The van der Waals surface area contributed by atoms with Crippen molar-refractivity contribution in [3.8, 4) is 0 Å². The molecule has 2 rings (SSSR count). The molecule has 0 radical (unpaired) electrons. The normalized spacial score (nSPS) is 23.5. The fourth-order valence-electron chi connectivity index (χ4n) is 2.95. The Morgan fingerprint density at radius 1 is 1.05 bits per heavy atom. The molecule has 1 saturated carbocycles. The molecule has 0 atom stereocenters. The van der Waals surface area contributed by atoms with E-state index in [2.05, 4.69) is 12.2 Å². The number of nitrogens with one attached hydrogen (secondary N) is 1. The van der Waals surface area contributed by atoms with Gasteiger partial charge in [0, 0.05) is 12.1 Å². The second-order valence-electron chi connectivity index (χ2n) is 5.63. The second kappa shape index (κ2) is 6.99. The highest BCUT2D eigenvalue weighted by atomic mass is 19.1. The zero-order valence-electron chi connectivity index (χ0n) is 11.6. The van der Waals surface area contributed by atoms with E-state index in [1.807, 2.05) is 0 Å². The van der Waals surface area contributed by atoms with Gasteiger partial charge in [0.05, 0.1) is 0 Å². The van der Waals surface area contributed by atoms with Crippen molar-refractivity contribution in [3.05, 3.63) is 35.4 Å². The van der Waals surface area contributed by atoms with Gasteiger partial charge in [0.25, 0.3) is 0 Å². The van der Waals surface area contributed by atoms with Gasteiger partial charge in [-0.1, -0.05) is 32.3 Å². The van der Waals surface area contributed by atoms with Crippen LogP contribution in [0.3, 0.4) is 0 Å². The molecule has 106 valence electrons. The average molecular weight is 267 g/mol. The van der Waals surface area contributed by atoms with Gasteiger partial charge < -0.3 is 5.32 Å². The summed E-state index contributed by atoms with van der Waals surface area (Å²) in [6, 6.07) is 4.03. The first-order valence-corrected chi connectivity index (χ1v) is 7.34. The van der Waals surface area contributed by atoms with E-state index < -0.39 is 11.6 Å². The van der Waals surface area contributed by atoms with Crippen LogP contribution in [0.4, 0.5) is 8.78 Å². The van der Waals surface area contributed by atoms with Crippen LogP contribution in [0.1, 0.15) is 44.6 Å². The van der Waals surface area contributed by atoms with Gasteiger partial charge in [-0.05, 0) is 43.4 Å². The van der Waals surface area contributed by atoms with Crippen molar-refractivity contribution in [2.45, 2.75) is 45.6 Å². The quantitative estimate of drug-likeness (QED) is 0.840. The third-order valence-electron chi connectivity index (χ3n) is 4.34. The van der Waals surface area contributed by atoms with Crippen molar-refractivity contribution in [2.75, 3.05) is 6.54 Å². The van der Waals surface area contributed by atoms with Crippen LogP contribution in [0.15, 0.2) is 18.2 Å². The molecule has 19 heavy (non-hydrogen) atoms. The Labute approximate surface area is 114 Å². The summed E-state index contributed by atoms with van der Waals surface area (Å²) in [7, 11) is 0. The lowest BCUT2D eigenvalue weighted by molar-refractivity contribution is 0.262. The number of hydrogen-bond donors (Lipinski definition) is 1. The Balaban J connectivity index is 1.75. The van der Waals surface area contributed by atoms with E-state index in [1.54, 1.807) is 0 Å². The fraction of sp³-hybridized carbons (Fsp3) is 0.625. The van der Waals surface area contributed by atoms with Crippen molar-refractivity contribution in [1.82, 2.24) is 5.32 Å². The van der Waals surface area contributed by atoms with Crippen LogP contribution in [-0.2, 0) is 6.54 Å². The summed E-state index contributed by atoms with van der Waals surface area (Å²) in [4.78, 5) is 0. The predicted molar refractivity (Wildman–Crippen MR) is 73.8 cm³/mol. The predicted octanol–water partition coefficient (Wildman–Crippen LogP) is 4.27. The molecule has 3 heteroatoms. The van der Waals surface area contributed by atoms with Crippen LogP contribution in [0, 0.1) is 23.5 Å². The molecule has 0 amide bonds. The summed E-state index contributed by atoms with van der Waals surface area (Å²) in [6.07, 6.45) is 6.37. The van der Waals surface area contributed by atoms with E-state index in [0.717, 1.165) is 12.5 Å². The minimum atomic E-state index is -0.456. The average Bonchev–Trinajstić information content (AvgIpc) is 2.43. The summed E-state index contributed by atoms with van der Waals surface area (Å²) < 4.78 is 26.9. The van der Waals surface area contributed by atoms with E-state index in [1.165, 1.54) is 50.3 Å². The molecule has 1 fully saturated rings. The number of rotatable bonds is 5. The maximum absolute atomic E-state index is 13.4. The van der Waals surface area contributed by atoms with Crippen molar-refractivity contribution in [2.24, 2.45) is 11.8 Å². The van der Waals surface area contributed by atoms with Crippen LogP contribution >= 0.6 is 0 Å². The molecule has 0 unspecified atom stereocenters. The molecule has 0 aliphatic heterocycles. The Morgan fingerprint density at radius 3 is 2.21 bits per heavy atom. The highest BCUT2D eigenvalue weighted by molar-refractivity contribution is 5.19. The van der Waals surface area contributed by atoms with Gasteiger partial charge in [0.1, 0.15) is 11.6 Å². The molecular formula is C16H23F2N. The molecule has 1 aromatic rings. The van der Waals surface area contributed by atoms with Crippen molar-refractivity contribution < 1.29 is 8.78 Å². The zero-order valence-corrected chi connectivity index (χ0v) is 11.6. The van der Waals surface area contributed by atoms with Crippen molar-refractivity contribution >= 4 is 0 Å². The third kappa shape index (κ3) is 4.00. The van der Waals surface area contributed by atoms with Gasteiger partial charge in [0.2, 0.25) is 0 Å². The van der Waals surface area contributed by atoms with Gasteiger partial charge in [-0.2, -0.15) is 0 Å². The first-order valence-electron chi connectivity index (χ1n) is 7.34. The molecule has 0 spiro atoms. The molecule has 0 heterocycles. The Bertz CT molecular complexity index is 377. The van der Waals surface area contributed by atoms with Gasteiger partial charge in [0.15, 0.2) is 0 Å². The highest BCUT2D eigenvalue weighted by Gasteiger charge is 2.19. The van der Waals surface area contributed by atoms with Crippen LogP contribution in [-0.4, -0.2) is 6.54 Å². The Kier molecular flexibility index (Phi) is 5.32. The smallest absolute Gasteiger partial charge is 0.130 e. The largest absolute Gasteiger partial charge is 0.312 e. The number of halogens is 2. The standard InChI is InChI=1S/C16H23F2N/c1-2-12-6-8-13(9-7-12)10-19-11-14-15(17)4-3-5-16(14)18/h3-5,12-13,19H,2,6-11H2,1H3. The zero-order chi connectivity index (χ0) is 13.7. The van der Waals surface area contributed by atoms with E-state index in [0.29, 0.717) is 5.92 Å². The molecule has 0 bridgehead atoms. The lowest BCUT2D eigenvalue weighted by Crippen LogP contribution is -2.26.